The Balaban J connectivity index is 3.04. The summed E-state index contributed by atoms with van der Waals surface area (Å²) in [6.07, 6.45) is 1.54. The first kappa shape index (κ1) is 14.3. The van der Waals surface area contributed by atoms with Gasteiger partial charge in [0.1, 0.15) is 11.3 Å². The Morgan fingerprint density at radius 2 is 1.88 bits per heavy atom. The van der Waals surface area contributed by atoms with Gasteiger partial charge in [0.25, 0.3) is 8.32 Å². The number of hydrogen-bond acceptors (Lipinski definition) is 4. The molecule has 0 aliphatic rings. The van der Waals surface area contributed by atoms with E-state index in [4.69, 9.17) is 4.43 Å². The molecular weight excluding hydrogens is 235 g/mol. The summed E-state index contributed by atoms with van der Waals surface area (Å²) >= 11 is 0. The topological polar surface area (TPSA) is 67.5 Å². The minimum atomic E-state index is -1.99. The second kappa shape index (κ2) is 4.47. The fourth-order valence-electron chi connectivity index (χ4n) is 1.23. The van der Waals surface area contributed by atoms with Crippen molar-refractivity contribution >= 4 is 21.0 Å². The fourth-order valence-corrected chi connectivity index (χ4v) is 2.24. The summed E-state index contributed by atoms with van der Waals surface area (Å²) in [4.78, 5) is 0. The summed E-state index contributed by atoms with van der Waals surface area (Å²) in [6, 6.07) is 0. The van der Waals surface area contributed by atoms with Gasteiger partial charge in [-0.2, -0.15) is 5.10 Å². The van der Waals surface area contributed by atoms with Gasteiger partial charge >= 0.3 is 7.12 Å². The summed E-state index contributed by atoms with van der Waals surface area (Å²) in [5.41, 5.74) is 0.301. The van der Waals surface area contributed by atoms with E-state index in [1.165, 1.54) is 10.9 Å². The van der Waals surface area contributed by atoms with Crippen molar-refractivity contribution in [2.45, 2.75) is 38.9 Å². The highest BCUT2D eigenvalue weighted by Crippen LogP contribution is 2.36. The van der Waals surface area contributed by atoms with Crippen LogP contribution < -0.4 is 10.0 Å². The van der Waals surface area contributed by atoms with Crippen LogP contribution in [0.2, 0.25) is 18.1 Å². The lowest BCUT2D eigenvalue weighted by atomic mass is 9.85. The Labute approximate surface area is 104 Å². The van der Waals surface area contributed by atoms with Gasteiger partial charge in [0.2, 0.25) is 0 Å². The third-order valence-electron chi connectivity index (χ3n) is 3.37. The van der Waals surface area contributed by atoms with Crippen molar-refractivity contribution in [2.75, 3.05) is 0 Å². The third-order valence-corrected chi connectivity index (χ3v) is 7.71. The molecule has 1 rings (SSSR count). The first-order valence-electron chi connectivity index (χ1n) is 5.63. The normalized spacial score (nSPS) is 12.7. The molecule has 17 heavy (non-hydrogen) atoms. The molecule has 0 saturated heterocycles. The van der Waals surface area contributed by atoms with Crippen LogP contribution in [0.25, 0.3) is 0 Å². The molecule has 0 aliphatic heterocycles. The lowest BCUT2D eigenvalue weighted by molar-refractivity contribution is 0.418. The van der Waals surface area contributed by atoms with Crippen molar-refractivity contribution < 1.29 is 14.5 Å². The Hall–Kier alpha value is -0.788. The van der Waals surface area contributed by atoms with E-state index >= 15 is 0 Å². The SMILES string of the molecule is Cn1ncc(O[Si](C)(C)C(C)(C)C)c1B(O)O. The number of rotatable bonds is 3. The summed E-state index contributed by atoms with van der Waals surface area (Å²) in [7, 11) is -1.89. The number of hydrogen-bond donors (Lipinski definition) is 2. The van der Waals surface area contributed by atoms with Crippen molar-refractivity contribution in [2.24, 2.45) is 7.05 Å². The van der Waals surface area contributed by atoms with Gasteiger partial charge in [-0.3, -0.25) is 4.68 Å². The van der Waals surface area contributed by atoms with Crippen LogP contribution in [0.1, 0.15) is 20.8 Å². The second-order valence-electron chi connectivity index (χ2n) is 5.75. The van der Waals surface area contributed by atoms with E-state index in [1.54, 1.807) is 7.05 Å². The fraction of sp³-hybridized carbons (Fsp3) is 0.700. The van der Waals surface area contributed by atoms with Crippen LogP contribution >= 0.6 is 0 Å². The Morgan fingerprint density at radius 1 is 1.35 bits per heavy atom. The maximum Gasteiger partial charge on any atom is 0.511 e. The molecule has 0 unspecified atom stereocenters. The molecule has 7 heteroatoms. The lowest BCUT2D eigenvalue weighted by Crippen LogP contribution is -2.46. The van der Waals surface area contributed by atoms with Gasteiger partial charge < -0.3 is 14.5 Å². The molecule has 0 aliphatic carbocycles. The highest BCUT2D eigenvalue weighted by atomic mass is 28.4. The number of aromatic nitrogens is 2. The monoisotopic (exact) mass is 256 g/mol. The van der Waals surface area contributed by atoms with Crippen molar-refractivity contribution in [1.82, 2.24) is 9.78 Å². The first-order chi connectivity index (χ1) is 7.56. The molecule has 1 aromatic rings. The van der Waals surface area contributed by atoms with Crippen molar-refractivity contribution in [3.05, 3.63) is 6.20 Å². The zero-order chi connectivity index (χ0) is 13.4. The van der Waals surface area contributed by atoms with E-state index in [2.05, 4.69) is 39.0 Å². The molecule has 0 bridgehead atoms. The minimum absolute atomic E-state index is 0.0561. The molecule has 0 radical (unpaired) electrons. The van der Waals surface area contributed by atoms with Crippen LogP contribution in [0, 0.1) is 0 Å². The van der Waals surface area contributed by atoms with E-state index in [0.717, 1.165) is 0 Å². The lowest BCUT2D eigenvalue weighted by Gasteiger charge is -2.36. The molecule has 0 atom stereocenters. The quantitative estimate of drug-likeness (QED) is 0.772. The van der Waals surface area contributed by atoms with Gasteiger partial charge in [0, 0.05) is 7.05 Å². The van der Waals surface area contributed by atoms with Crippen molar-refractivity contribution in [3.8, 4) is 5.75 Å². The van der Waals surface area contributed by atoms with Gasteiger partial charge in [-0.15, -0.1) is 0 Å². The summed E-state index contributed by atoms with van der Waals surface area (Å²) in [5, 5.41) is 22.7. The standard InChI is InChI=1S/C10H21BN2O3Si/c1-10(2,3)17(5,6)16-8-7-12-13(4)9(8)11(14)15/h7,14-15H,1-6H3. The Bertz CT molecular complexity index is 399. The molecule has 0 spiro atoms. The summed E-state index contributed by atoms with van der Waals surface area (Å²) in [6.45, 7) is 10.6. The van der Waals surface area contributed by atoms with Crippen LogP contribution in [0.5, 0.6) is 5.75 Å². The van der Waals surface area contributed by atoms with Crippen LogP contribution in [0.3, 0.4) is 0 Å². The molecular formula is C10H21BN2O3Si. The molecule has 1 heterocycles. The van der Waals surface area contributed by atoms with Gasteiger partial charge in [-0.1, -0.05) is 20.8 Å². The third kappa shape index (κ3) is 2.91. The van der Waals surface area contributed by atoms with E-state index < -0.39 is 15.4 Å². The Morgan fingerprint density at radius 3 is 2.29 bits per heavy atom. The van der Waals surface area contributed by atoms with Crippen LogP contribution in [0.4, 0.5) is 0 Å². The number of aryl methyl sites for hydroxylation is 1. The summed E-state index contributed by atoms with van der Waals surface area (Å²) < 4.78 is 7.44. The predicted molar refractivity (Wildman–Crippen MR) is 70.9 cm³/mol. The van der Waals surface area contributed by atoms with E-state index in [-0.39, 0.29) is 5.04 Å². The average molecular weight is 256 g/mol. The summed E-state index contributed by atoms with van der Waals surface area (Å²) in [5.74, 6) is 0.467. The molecule has 0 aromatic carbocycles. The Kier molecular flexibility index (Phi) is 3.75. The molecule has 1 aromatic heterocycles. The van der Waals surface area contributed by atoms with Gasteiger partial charge in [0.15, 0.2) is 0 Å². The number of nitrogens with zero attached hydrogens (tertiary/aromatic N) is 2. The van der Waals surface area contributed by atoms with Gasteiger partial charge in [-0.05, 0) is 18.1 Å². The van der Waals surface area contributed by atoms with Gasteiger partial charge in [-0.25, -0.2) is 0 Å². The minimum Gasteiger partial charge on any atom is -0.542 e. The molecule has 2 N–H and O–H groups in total. The van der Waals surface area contributed by atoms with Crippen LogP contribution in [0.15, 0.2) is 6.20 Å². The highest BCUT2D eigenvalue weighted by molar-refractivity contribution is 6.75. The van der Waals surface area contributed by atoms with Crippen molar-refractivity contribution in [1.29, 1.82) is 0 Å². The predicted octanol–water partition coefficient (Wildman–Crippen LogP) is 0.484. The highest BCUT2D eigenvalue weighted by Gasteiger charge is 2.40. The van der Waals surface area contributed by atoms with E-state index in [0.29, 0.717) is 11.3 Å². The zero-order valence-electron chi connectivity index (χ0n) is 11.4. The first-order valence-corrected chi connectivity index (χ1v) is 8.54. The van der Waals surface area contributed by atoms with Gasteiger partial charge in [0.05, 0.1) is 6.20 Å². The van der Waals surface area contributed by atoms with E-state index in [9.17, 15) is 10.0 Å². The maximum absolute atomic E-state index is 9.30. The maximum atomic E-state index is 9.30. The molecule has 5 nitrogen and oxygen atoms in total. The molecule has 96 valence electrons. The zero-order valence-corrected chi connectivity index (χ0v) is 12.4. The molecule has 0 fully saturated rings. The largest absolute Gasteiger partial charge is 0.542 e. The van der Waals surface area contributed by atoms with Crippen molar-refractivity contribution in [3.63, 3.8) is 0 Å². The second-order valence-corrected chi connectivity index (χ2v) is 10.5. The van der Waals surface area contributed by atoms with E-state index in [1.807, 2.05) is 0 Å². The molecule has 0 amide bonds. The van der Waals surface area contributed by atoms with Crippen LogP contribution in [-0.2, 0) is 7.05 Å². The molecule has 0 saturated carbocycles. The smallest absolute Gasteiger partial charge is 0.511 e. The van der Waals surface area contributed by atoms with Crippen LogP contribution in [-0.4, -0.2) is 35.3 Å². The average Bonchev–Trinajstić information content (AvgIpc) is 2.43.